The second-order valence-electron chi connectivity index (χ2n) is 5.19. The number of urea groups is 1. The Bertz CT molecular complexity index is 479. The Hall–Kier alpha value is -1.62. The lowest BCUT2D eigenvalue weighted by atomic mass is 10.1. The zero-order chi connectivity index (χ0) is 14.5. The van der Waals surface area contributed by atoms with E-state index in [4.69, 9.17) is 0 Å². The van der Waals surface area contributed by atoms with E-state index < -0.39 is 0 Å². The van der Waals surface area contributed by atoms with Crippen LogP contribution in [0.1, 0.15) is 43.4 Å². The molecule has 2 rings (SSSR count). The van der Waals surface area contributed by atoms with Crippen LogP contribution in [0.15, 0.2) is 18.2 Å². The number of amides is 2. The van der Waals surface area contributed by atoms with Crippen molar-refractivity contribution in [1.82, 2.24) is 10.6 Å². The van der Waals surface area contributed by atoms with Crippen LogP contribution in [-0.2, 0) is 6.42 Å². The Kier molecular flexibility index (Phi) is 4.95. The predicted molar refractivity (Wildman–Crippen MR) is 74.9 cm³/mol. The first kappa shape index (κ1) is 14.8. The molecule has 1 aliphatic carbocycles. The van der Waals surface area contributed by atoms with Gasteiger partial charge in [-0.2, -0.15) is 0 Å². The van der Waals surface area contributed by atoms with Crippen molar-refractivity contribution < 1.29 is 14.3 Å². The minimum Gasteiger partial charge on any atom is -0.393 e. The molecular weight excluding hydrogens is 259 g/mol. The Labute approximate surface area is 118 Å². The van der Waals surface area contributed by atoms with Gasteiger partial charge >= 0.3 is 6.03 Å². The van der Waals surface area contributed by atoms with Crippen LogP contribution in [0.3, 0.4) is 0 Å². The summed E-state index contributed by atoms with van der Waals surface area (Å²) in [5.74, 6) is -0.274. The quantitative estimate of drug-likeness (QED) is 0.775. The third kappa shape index (κ3) is 3.70. The van der Waals surface area contributed by atoms with Gasteiger partial charge in [0.2, 0.25) is 0 Å². The fraction of sp³-hybridized carbons (Fsp3) is 0.533. The van der Waals surface area contributed by atoms with E-state index in [1.807, 2.05) is 6.92 Å². The molecule has 1 aromatic carbocycles. The van der Waals surface area contributed by atoms with Crippen LogP contribution < -0.4 is 10.6 Å². The molecule has 110 valence electrons. The number of carbonyl (C=O) groups excluding carboxylic acids is 1. The van der Waals surface area contributed by atoms with Crippen molar-refractivity contribution in [1.29, 1.82) is 0 Å². The standard InChI is InChI=1S/C15H21FN2O2/c1-2-12(19)7-8-17-15(20)18-14-6-4-10-3-5-11(16)9-13(10)14/h3,5,9,12,14,19H,2,4,6-8H2,1H3,(H2,17,18,20). The smallest absolute Gasteiger partial charge is 0.315 e. The number of aryl methyl sites for hydroxylation is 1. The number of aliphatic hydroxyl groups excluding tert-OH is 1. The maximum absolute atomic E-state index is 13.2. The largest absolute Gasteiger partial charge is 0.393 e. The zero-order valence-corrected chi connectivity index (χ0v) is 11.7. The first-order valence-corrected chi connectivity index (χ1v) is 7.11. The molecule has 0 spiro atoms. The summed E-state index contributed by atoms with van der Waals surface area (Å²) >= 11 is 0. The SMILES string of the molecule is CCC(O)CCNC(=O)NC1CCc2ccc(F)cc21. The van der Waals surface area contributed by atoms with Crippen molar-refractivity contribution >= 4 is 6.03 Å². The minimum atomic E-state index is -0.378. The molecule has 3 N–H and O–H groups in total. The number of hydrogen-bond acceptors (Lipinski definition) is 2. The second kappa shape index (κ2) is 6.70. The summed E-state index contributed by atoms with van der Waals surface area (Å²) in [6.07, 6.45) is 2.49. The summed E-state index contributed by atoms with van der Waals surface area (Å²) in [5.41, 5.74) is 1.96. The third-order valence-electron chi connectivity index (χ3n) is 3.73. The third-order valence-corrected chi connectivity index (χ3v) is 3.73. The number of fused-ring (bicyclic) bond motifs is 1. The number of rotatable bonds is 5. The van der Waals surface area contributed by atoms with E-state index in [-0.39, 0.29) is 24.0 Å². The molecule has 0 fully saturated rings. The summed E-state index contributed by atoms with van der Waals surface area (Å²) < 4.78 is 13.2. The predicted octanol–water partition coefficient (Wildman–Crippen LogP) is 2.27. The van der Waals surface area contributed by atoms with Gasteiger partial charge in [-0.25, -0.2) is 9.18 Å². The van der Waals surface area contributed by atoms with E-state index in [1.54, 1.807) is 6.07 Å². The van der Waals surface area contributed by atoms with Gasteiger partial charge in [0.1, 0.15) is 5.82 Å². The zero-order valence-electron chi connectivity index (χ0n) is 11.7. The number of halogens is 1. The molecule has 20 heavy (non-hydrogen) atoms. The van der Waals surface area contributed by atoms with E-state index in [0.717, 1.165) is 24.0 Å². The van der Waals surface area contributed by atoms with Gasteiger partial charge in [0.15, 0.2) is 0 Å². The summed E-state index contributed by atoms with van der Waals surface area (Å²) in [6, 6.07) is 4.33. The van der Waals surface area contributed by atoms with Gasteiger partial charge in [0.05, 0.1) is 12.1 Å². The summed E-state index contributed by atoms with van der Waals surface area (Å²) in [7, 11) is 0. The number of benzene rings is 1. The van der Waals surface area contributed by atoms with Gasteiger partial charge in [0.25, 0.3) is 0 Å². The van der Waals surface area contributed by atoms with E-state index in [1.165, 1.54) is 12.1 Å². The van der Waals surface area contributed by atoms with Gasteiger partial charge in [-0.05, 0) is 48.9 Å². The molecule has 2 amide bonds. The maximum atomic E-state index is 13.2. The molecule has 0 radical (unpaired) electrons. The molecule has 0 saturated heterocycles. The molecule has 0 aliphatic heterocycles. The topological polar surface area (TPSA) is 61.4 Å². The molecular formula is C15H21FN2O2. The highest BCUT2D eigenvalue weighted by Crippen LogP contribution is 2.31. The molecule has 0 bridgehead atoms. The first-order chi connectivity index (χ1) is 9.60. The van der Waals surface area contributed by atoms with Gasteiger partial charge in [-0.1, -0.05) is 13.0 Å². The molecule has 2 unspecified atom stereocenters. The van der Waals surface area contributed by atoms with Gasteiger partial charge in [-0.15, -0.1) is 0 Å². The van der Waals surface area contributed by atoms with Gasteiger partial charge in [0, 0.05) is 6.54 Å². The number of carbonyl (C=O) groups is 1. The Morgan fingerprint density at radius 3 is 3.10 bits per heavy atom. The molecule has 4 nitrogen and oxygen atoms in total. The molecule has 0 aromatic heterocycles. The number of hydrogen-bond donors (Lipinski definition) is 3. The molecule has 1 aromatic rings. The second-order valence-corrected chi connectivity index (χ2v) is 5.19. The lowest BCUT2D eigenvalue weighted by Gasteiger charge is -2.15. The lowest BCUT2D eigenvalue weighted by molar-refractivity contribution is 0.160. The molecule has 0 saturated carbocycles. The molecule has 0 heterocycles. The molecule has 2 atom stereocenters. The fourth-order valence-corrected chi connectivity index (χ4v) is 2.49. The highest BCUT2D eigenvalue weighted by molar-refractivity contribution is 5.74. The van der Waals surface area contributed by atoms with Crippen molar-refractivity contribution in [3.05, 3.63) is 35.1 Å². The van der Waals surface area contributed by atoms with Gasteiger partial charge in [-0.3, -0.25) is 0 Å². The van der Waals surface area contributed by atoms with Crippen LogP contribution in [0.2, 0.25) is 0 Å². The van der Waals surface area contributed by atoms with Crippen LogP contribution in [-0.4, -0.2) is 23.8 Å². The Balaban J connectivity index is 1.83. The van der Waals surface area contributed by atoms with Gasteiger partial charge < -0.3 is 15.7 Å². The van der Waals surface area contributed by atoms with E-state index in [0.29, 0.717) is 19.4 Å². The van der Waals surface area contributed by atoms with Crippen LogP contribution >= 0.6 is 0 Å². The first-order valence-electron chi connectivity index (χ1n) is 7.11. The van der Waals surface area contributed by atoms with E-state index in [2.05, 4.69) is 10.6 Å². The summed E-state index contributed by atoms with van der Waals surface area (Å²) in [5, 5.41) is 15.0. The average Bonchev–Trinajstić information content (AvgIpc) is 2.81. The fourth-order valence-electron chi connectivity index (χ4n) is 2.49. The van der Waals surface area contributed by atoms with E-state index in [9.17, 15) is 14.3 Å². The highest BCUT2D eigenvalue weighted by atomic mass is 19.1. The maximum Gasteiger partial charge on any atom is 0.315 e. The lowest BCUT2D eigenvalue weighted by Crippen LogP contribution is -2.38. The van der Waals surface area contributed by atoms with Crippen molar-refractivity contribution in [3.8, 4) is 0 Å². The number of nitrogens with one attached hydrogen (secondary N) is 2. The Morgan fingerprint density at radius 1 is 1.55 bits per heavy atom. The average molecular weight is 280 g/mol. The summed E-state index contributed by atoms with van der Waals surface area (Å²) in [4.78, 5) is 11.8. The number of aliphatic hydroxyl groups is 1. The van der Waals surface area contributed by atoms with Crippen molar-refractivity contribution in [2.24, 2.45) is 0 Å². The Morgan fingerprint density at radius 2 is 2.35 bits per heavy atom. The van der Waals surface area contributed by atoms with Crippen LogP contribution in [0.25, 0.3) is 0 Å². The van der Waals surface area contributed by atoms with Crippen molar-refractivity contribution in [3.63, 3.8) is 0 Å². The molecule has 1 aliphatic rings. The normalized spacial score (nSPS) is 18.4. The van der Waals surface area contributed by atoms with Crippen LogP contribution in [0, 0.1) is 5.82 Å². The monoisotopic (exact) mass is 280 g/mol. The van der Waals surface area contributed by atoms with Crippen LogP contribution in [0.4, 0.5) is 9.18 Å². The summed E-state index contributed by atoms with van der Waals surface area (Å²) in [6.45, 7) is 2.33. The highest BCUT2D eigenvalue weighted by Gasteiger charge is 2.24. The minimum absolute atomic E-state index is 0.128. The van der Waals surface area contributed by atoms with Crippen molar-refractivity contribution in [2.45, 2.75) is 44.8 Å². The van der Waals surface area contributed by atoms with E-state index >= 15 is 0 Å². The van der Waals surface area contributed by atoms with Crippen molar-refractivity contribution in [2.75, 3.05) is 6.54 Å². The van der Waals surface area contributed by atoms with Crippen LogP contribution in [0.5, 0.6) is 0 Å². The molecule has 5 heteroatoms.